The molecule has 0 heterocycles. The third-order valence-electron chi connectivity index (χ3n) is 13.1. The summed E-state index contributed by atoms with van der Waals surface area (Å²) in [5, 5.41) is 10.6. The van der Waals surface area contributed by atoms with E-state index in [1.807, 2.05) is 0 Å². The van der Waals surface area contributed by atoms with E-state index in [9.17, 15) is 5.11 Å². The van der Waals surface area contributed by atoms with Gasteiger partial charge in [0.2, 0.25) is 0 Å². The molecule has 0 radical (unpaired) electrons. The molecule has 0 unspecified atom stereocenters. The molecule has 1 N–H and O–H groups in total. The van der Waals surface area contributed by atoms with E-state index >= 15 is 0 Å². The summed E-state index contributed by atoms with van der Waals surface area (Å²) in [6, 6.07) is 0. The first-order valence-corrected chi connectivity index (χ1v) is 13.9. The normalized spacial score (nSPS) is 53.9. The predicted molar refractivity (Wildman–Crippen MR) is 131 cm³/mol. The van der Waals surface area contributed by atoms with Crippen LogP contribution in [0.5, 0.6) is 0 Å². The second-order valence-electron chi connectivity index (χ2n) is 14.0. The van der Waals surface area contributed by atoms with E-state index in [4.69, 9.17) is 0 Å². The molecule has 0 bridgehead atoms. The van der Waals surface area contributed by atoms with Crippen LogP contribution in [0.2, 0.25) is 0 Å². The average Bonchev–Trinajstić information content (AvgIpc) is 3.31. The van der Waals surface area contributed by atoms with Gasteiger partial charge in [0, 0.05) is 0 Å². The Hall–Kier alpha value is -0.300. The number of aliphatic hydroxyl groups excluding tert-OH is 1. The number of hydrogen-bond donors (Lipinski definition) is 1. The second-order valence-corrected chi connectivity index (χ2v) is 14.0. The number of hydrogen-bond acceptors (Lipinski definition) is 1. The van der Waals surface area contributed by atoms with Gasteiger partial charge in [-0.05, 0) is 128 Å². The molecular weight excluding hydrogens is 376 g/mol. The molecule has 31 heavy (non-hydrogen) atoms. The van der Waals surface area contributed by atoms with E-state index < -0.39 is 0 Å². The van der Waals surface area contributed by atoms with Crippen molar-refractivity contribution in [2.75, 3.05) is 0 Å². The van der Waals surface area contributed by atoms with Gasteiger partial charge in [0.25, 0.3) is 0 Å². The van der Waals surface area contributed by atoms with Crippen LogP contribution in [0.4, 0.5) is 0 Å². The molecule has 0 aromatic carbocycles. The Morgan fingerprint density at radius 3 is 2.39 bits per heavy atom. The Morgan fingerprint density at radius 1 is 0.935 bits per heavy atom. The molecule has 5 aliphatic carbocycles. The van der Waals surface area contributed by atoms with Gasteiger partial charge in [0.05, 0.1) is 6.10 Å². The van der Waals surface area contributed by atoms with Crippen molar-refractivity contribution in [2.24, 2.45) is 57.2 Å². The zero-order valence-corrected chi connectivity index (χ0v) is 21.5. The lowest BCUT2D eigenvalue weighted by atomic mass is 9.43. The van der Waals surface area contributed by atoms with Crippen molar-refractivity contribution in [3.05, 3.63) is 12.2 Å². The summed E-state index contributed by atoms with van der Waals surface area (Å²) in [5.41, 5.74) is 3.76. The standard InChI is InChI=1S/C30H50O/c1-19(2)20(3)8-9-21(4)23-12-14-28(7)26-11-10-24-22(5)25(31)13-15-29(24)18-30(26,29)17-16-27(23,28)6/h19,21-26,31H,3,8-18H2,1-2,4-7H3/t21-,22+,23-,24+,25+,26+,27+,28+,29-,30+/m1/s1. The van der Waals surface area contributed by atoms with Crippen molar-refractivity contribution in [1.29, 1.82) is 0 Å². The van der Waals surface area contributed by atoms with Crippen LogP contribution in [0.25, 0.3) is 0 Å². The molecule has 5 aliphatic rings. The molecule has 1 heteroatoms. The number of rotatable bonds is 5. The van der Waals surface area contributed by atoms with Crippen molar-refractivity contribution in [3.8, 4) is 0 Å². The Labute approximate surface area is 192 Å². The van der Waals surface area contributed by atoms with Gasteiger partial charge in [-0.1, -0.05) is 53.7 Å². The first-order valence-electron chi connectivity index (χ1n) is 13.9. The van der Waals surface area contributed by atoms with Gasteiger partial charge >= 0.3 is 0 Å². The van der Waals surface area contributed by atoms with Gasteiger partial charge in [0.1, 0.15) is 0 Å². The van der Waals surface area contributed by atoms with E-state index in [-0.39, 0.29) is 6.10 Å². The summed E-state index contributed by atoms with van der Waals surface area (Å²) in [4.78, 5) is 0. The summed E-state index contributed by atoms with van der Waals surface area (Å²) in [5.74, 6) is 4.63. The van der Waals surface area contributed by atoms with E-state index in [0.717, 1.165) is 30.1 Å². The Balaban J connectivity index is 1.37. The van der Waals surface area contributed by atoms with E-state index in [1.165, 1.54) is 69.8 Å². The van der Waals surface area contributed by atoms with Gasteiger partial charge in [0.15, 0.2) is 0 Å². The van der Waals surface area contributed by atoms with Gasteiger partial charge in [-0.25, -0.2) is 0 Å². The summed E-state index contributed by atoms with van der Waals surface area (Å²) in [6.45, 7) is 19.4. The SMILES string of the molecule is C=C(CC[C@@H](C)[C@H]1CC[C@@]2(C)[C@@H]3CC[C@H]4[C@H](C)[C@@H](O)CC[C@@]45C[C@@]35CC[C@@]12C)C(C)C. The predicted octanol–water partition coefficient (Wildman–Crippen LogP) is 8.02. The quantitative estimate of drug-likeness (QED) is 0.441. The molecule has 2 spiro atoms. The van der Waals surface area contributed by atoms with Crippen molar-refractivity contribution >= 4 is 0 Å². The number of aliphatic hydroxyl groups is 1. The first-order chi connectivity index (χ1) is 14.5. The van der Waals surface area contributed by atoms with Crippen LogP contribution in [0, 0.1) is 57.2 Å². The van der Waals surface area contributed by atoms with Crippen LogP contribution >= 0.6 is 0 Å². The molecule has 176 valence electrons. The topological polar surface area (TPSA) is 20.2 Å². The number of allylic oxidation sites excluding steroid dienone is 1. The van der Waals surface area contributed by atoms with E-state index in [0.29, 0.717) is 33.5 Å². The van der Waals surface area contributed by atoms with Gasteiger partial charge in [-0.15, -0.1) is 0 Å². The molecule has 0 aliphatic heterocycles. The highest BCUT2D eigenvalue weighted by Crippen LogP contribution is 2.88. The van der Waals surface area contributed by atoms with E-state index in [1.54, 1.807) is 0 Å². The van der Waals surface area contributed by atoms with E-state index in [2.05, 4.69) is 48.1 Å². The van der Waals surface area contributed by atoms with Crippen molar-refractivity contribution < 1.29 is 5.11 Å². The highest BCUT2D eigenvalue weighted by molar-refractivity contribution is 5.29. The monoisotopic (exact) mass is 426 g/mol. The molecule has 1 nitrogen and oxygen atoms in total. The van der Waals surface area contributed by atoms with Crippen LogP contribution < -0.4 is 0 Å². The average molecular weight is 427 g/mol. The molecule has 5 saturated carbocycles. The lowest BCUT2D eigenvalue weighted by molar-refractivity contribution is -0.142. The van der Waals surface area contributed by atoms with Crippen LogP contribution in [-0.2, 0) is 0 Å². The lowest BCUT2D eigenvalue weighted by Crippen LogP contribution is -2.55. The minimum atomic E-state index is -0.0356. The lowest BCUT2D eigenvalue weighted by Gasteiger charge is -2.62. The summed E-state index contributed by atoms with van der Waals surface area (Å²) in [7, 11) is 0. The molecule has 0 saturated heterocycles. The third-order valence-corrected chi connectivity index (χ3v) is 13.1. The fraction of sp³-hybridized carbons (Fsp3) is 0.933. The van der Waals surface area contributed by atoms with Gasteiger partial charge in [-0.2, -0.15) is 0 Å². The third kappa shape index (κ3) is 2.77. The molecule has 5 rings (SSSR count). The summed E-state index contributed by atoms with van der Waals surface area (Å²) < 4.78 is 0. The summed E-state index contributed by atoms with van der Waals surface area (Å²) in [6.07, 6.45) is 15.1. The second kappa shape index (κ2) is 7.10. The van der Waals surface area contributed by atoms with Crippen LogP contribution in [-0.4, -0.2) is 11.2 Å². The maximum Gasteiger partial charge on any atom is 0.0568 e. The van der Waals surface area contributed by atoms with Gasteiger partial charge < -0.3 is 5.11 Å². The highest BCUT2D eigenvalue weighted by atomic mass is 16.3. The highest BCUT2D eigenvalue weighted by Gasteiger charge is 2.81. The van der Waals surface area contributed by atoms with Gasteiger partial charge in [-0.3, -0.25) is 0 Å². The minimum absolute atomic E-state index is 0.0356. The largest absolute Gasteiger partial charge is 0.393 e. The fourth-order valence-electron chi connectivity index (χ4n) is 10.9. The minimum Gasteiger partial charge on any atom is -0.393 e. The maximum absolute atomic E-state index is 10.6. The van der Waals surface area contributed by atoms with Crippen molar-refractivity contribution in [1.82, 2.24) is 0 Å². The smallest absolute Gasteiger partial charge is 0.0568 e. The fourth-order valence-corrected chi connectivity index (χ4v) is 10.9. The molecule has 5 fully saturated rings. The Morgan fingerprint density at radius 2 is 1.68 bits per heavy atom. The molecular formula is C30H50O. The zero-order valence-electron chi connectivity index (χ0n) is 21.5. The first kappa shape index (κ1) is 22.5. The van der Waals surface area contributed by atoms with Crippen LogP contribution in [0.3, 0.4) is 0 Å². The molecule has 0 aromatic rings. The zero-order chi connectivity index (χ0) is 22.4. The molecule has 0 aromatic heterocycles. The Kier molecular flexibility index (Phi) is 5.15. The molecule has 10 atom stereocenters. The van der Waals surface area contributed by atoms with Crippen LogP contribution in [0.1, 0.15) is 112 Å². The number of fused-ring (bicyclic) bond motifs is 2. The summed E-state index contributed by atoms with van der Waals surface area (Å²) >= 11 is 0. The van der Waals surface area contributed by atoms with Crippen molar-refractivity contribution in [2.45, 2.75) is 118 Å². The van der Waals surface area contributed by atoms with Crippen molar-refractivity contribution in [3.63, 3.8) is 0 Å². The maximum atomic E-state index is 10.6. The molecule has 0 amide bonds. The van der Waals surface area contributed by atoms with Crippen LogP contribution in [0.15, 0.2) is 12.2 Å². The Bertz CT molecular complexity index is 739.